The Kier molecular flexibility index (Phi) is 7.92. The molecule has 3 aromatic rings. The molecule has 1 aliphatic carbocycles. The number of aryl methyl sites for hydroxylation is 1. The molecule has 3 atom stereocenters. The van der Waals surface area contributed by atoms with E-state index in [4.69, 9.17) is 9.47 Å². The summed E-state index contributed by atoms with van der Waals surface area (Å²) in [6.45, 7) is 9.31. The summed E-state index contributed by atoms with van der Waals surface area (Å²) >= 11 is 0. The lowest BCUT2D eigenvalue weighted by atomic mass is 9.82. The molecule has 1 aliphatic heterocycles. The summed E-state index contributed by atoms with van der Waals surface area (Å²) in [4.78, 5) is 18.5. The summed E-state index contributed by atoms with van der Waals surface area (Å²) in [7, 11) is 3.80. The number of rotatable bonds is 9. The fourth-order valence-corrected chi connectivity index (χ4v) is 5.81. The Hall–Kier alpha value is -3.38. The number of carboxylic acids is 1. The topological polar surface area (TPSA) is 71.9 Å². The van der Waals surface area contributed by atoms with Crippen molar-refractivity contribution in [1.82, 2.24) is 9.88 Å². The van der Waals surface area contributed by atoms with Crippen LogP contribution in [0.15, 0.2) is 54.7 Å². The van der Waals surface area contributed by atoms with Gasteiger partial charge in [0.05, 0.1) is 13.0 Å². The second kappa shape index (κ2) is 11.2. The van der Waals surface area contributed by atoms with Gasteiger partial charge in [0.15, 0.2) is 0 Å². The molecule has 5 rings (SSSR count). The lowest BCUT2D eigenvalue weighted by Crippen LogP contribution is -2.37. The molecule has 212 valence electrons. The minimum absolute atomic E-state index is 0.0189. The highest BCUT2D eigenvalue weighted by molar-refractivity contribution is 5.71. The summed E-state index contributed by atoms with van der Waals surface area (Å²) in [5.74, 6) is 0.836. The molecule has 1 fully saturated rings. The lowest BCUT2D eigenvalue weighted by Gasteiger charge is -2.33. The number of benzene rings is 2. The van der Waals surface area contributed by atoms with Crippen LogP contribution in [-0.2, 0) is 17.8 Å². The predicted octanol–water partition coefficient (Wildman–Crippen LogP) is 7.27. The standard InChI is InChI=1S/C34H42N2O4/c1-21(33(37)38)32(23-8-9-23)26-10-7-22-12-14-29(40-30(22)18-26)25-11-13-28(24-15-16-35-31(19-24)39-6)27(17-25)20-36(5)34(2,3)4/h7,10-11,13,15-19,21,23,29,32H,8-9,12,14,20H2,1-6H3,(H,37,38)/t21-,29-,32-/m0/s1. The Bertz CT molecular complexity index is 1370. The zero-order valence-electron chi connectivity index (χ0n) is 24.6. The molecule has 2 heterocycles. The molecule has 0 unspecified atom stereocenters. The Balaban J connectivity index is 1.46. The summed E-state index contributed by atoms with van der Waals surface area (Å²) in [6.07, 6.45) is 5.77. The van der Waals surface area contributed by atoms with Crippen LogP contribution in [0.2, 0.25) is 0 Å². The van der Waals surface area contributed by atoms with Gasteiger partial charge in [0, 0.05) is 24.3 Å². The van der Waals surface area contributed by atoms with E-state index in [9.17, 15) is 9.90 Å². The van der Waals surface area contributed by atoms with Crippen molar-refractivity contribution in [2.45, 2.75) is 77.5 Å². The molecule has 0 amide bonds. The van der Waals surface area contributed by atoms with Crippen LogP contribution in [0.4, 0.5) is 0 Å². The van der Waals surface area contributed by atoms with Gasteiger partial charge in [0.1, 0.15) is 11.9 Å². The van der Waals surface area contributed by atoms with Gasteiger partial charge in [0.25, 0.3) is 0 Å². The summed E-state index contributed by atoms with van der Waals surface area (Å²) in [6, 6.07) is 17.1. The summed E-state index contributed by atoms with van der Waals surface area (Å²) < 4.78 is 12.1. The molecule has 0 saturated heterocycles. The highest BCUT2D eigenvalue weighted by Gasteiger charge is 2.39. The third-order valence-corrected chi connectivity index (χ3v) is 8.79. The number of aliphatic carboxylic acids is 1. The van der Waals surface area contributed by atoms with Gasteiger partial charge in [-0.3, -0.25) is 9.69 Å². The van der Waals surface area contributed by atoms with Crippen LogP contribution in [-0.4, -0.2) is 40.7 Å². The van der Waals surface area contributed by atoms with Crippen LogP contribution in [0.1, 0.15) is 81.2 Å². The largest absolute Gasteiger partial charge is 0.485 e. The molecule has 1 aromatic heterocycles. The number of carboxylic acid groups (broad SMARTS) is 1. The van der Waals surface area contributed by atoms with Crippen LogP contribution < -0.4 is 9.47 Å². The Morgan fingerprint density at radius 3 is 2.58 bits per heavy atom. The van der Waals surface area contributed by atoms with Gasteiger partial charge in [0.2, 0.25) is 5.88 Å². The molecular formula is C34H42N2O4. The molecule has 0 spiro atoms. The van der Waals surface area contributed by atoms with Gasteiger partial charge >= 0.3 is 5.97 Å². The van der Waals surface area contributed by atoms with Gasteiger partial charge in [-0.1, -0.05) is 37.3 Å². The lowest BCUT2D eigenvalue weighted by molar-refractivity contribution is -0.142. The van der Waals surface area contributed by atoms with Crippen molar-refractivity contribution in [3.05, 3.63) is 77.0 Å². The molecule has 0 radical (unpaired) electrons. The molecule has 1 saturated carbocycles. The van der Waals surface area contributed by atoms with Crippen LogP contribution in [0.25, 0.3) is 11.1 Å². The zero-order chi connectivity index (χ0) is 28.6. The van der Waals surface area contributed by atoms with Crippen molar-refractivity contribution >= 4 is 5.97 Å². The van der Waals surface area contributed by atoms with Gasteiger partial charge in [-0.05, 0) is 111 Å². The molecular weight excluding hydrogens is 500 g/mol. The minimum Gasteiger partial charge on any atom is -0.485 e. The third kappa shape index (κ3) is 6.02. The van der Waals surface area contributed by atoms with E-state index >= 15 is 0 Å². The molecule has 40 heavy (non-hydrogen) atoms. The summed E-state index contributed by atoms with van der Waals surface area (Å²) in [5, 5.41) is 9.75. The maximum Gasteiger partial charge on any atom is 0.306 e. The van der Waals surface area contributed by atoms with E-state index in [1.165, 1.54) is 11.1 Å². The van der Waals surface area contributed by atoms with Crippen molar-refractivity contribution < 1.29 is 19.4 Å². The molecule has 6 heteroatoms. The van der Waals surface area contributed by atoms with E-state index in [1.807, 2.05) is 19.1 Å². The van der Waals surface area contributed by atoms with Crippen molar-refractivity contribution in [1.29, 1.82) is 0 Å². The van der Waals surface area contributed by atoms with E-state index < -0.39 is 11.9 Å². The van der Waals surface area contributed by atoms with Gasteiger partial charge in [-0.2, -0.15) is 0 Å². The normalized spacial score (nSPS) is 18.5. The predicted molar refractivity (Wildman–Crippen MR) is 158 cm³/mol. The van der Waals surface area contributed by atoms with Crippen LogP contribution in [0.3, 0.4) is 0 Å². The molecule has 1 N–H and O–H groups in total. The van der Waals surface area contributed by atoms with Crippen LogP contribution in [0, 0.1) is 11.8 Å². The first-order chi connectivity index (χ1) is 19.0. The molecule has 2 aliphatic rings. The van der Waals surface area contributed by atoms with E-state index in [0.29, 0.717) is 11.8 Å². The van der Waals surface area contributed by atoms with E-state index in [2.05, 4.69) is 74.1 Å². The molecule has 6 nitrogen and oxygen atoms in total. The maximum atomic E-state index is 11.9. The monoisotopic (exact) mass is 542 g/mol. The number of ether oxygens (including phenoxy) is 2. The van der Waals surface area contributed by atoms with Gasteiger partial charge in [-0.15, -0.1) is 0 Å². The number of hydrogen-bond donors (Lipinski definition) is 1. The van der Waals surface area contributed by atoms with E-state index in [0.717, 1.165) is 60.2 Å². The summed E-state index contributed by atoms with van der Waals surface area (Å²) in [5.41, 5.74) is 6.94. The Morgan fingerprint density at radius 2 is 1.90 bits per heavy atom. The fourth-order valence-electron chi connectivity index (χ4n) is 5.81. The van der Waals surface area contributed by atoms with Crippen molar-refractivity contribution in [2.75, 3.05) is 14.2 Å². The average molecular weight is 543 g/mol. The van der Waals surface area contributed by atoms with Gasteiger partial charge < -0.3 is 14.6 Å². The Labute approximate surface area is 238 Å². The average Bonchev–Trinajstić information content (AvgIpc) is 3.77. The van der Waals surface area contributed by atoms with Gasteiger partial charge in [-0.25, -0.2) is 4.98 Å². The van der Waals surface area contributed by atoms with Crippen molar-refractivity contribution in [3.8, 4) is 22.8 Å². The second-order valence-electron chi connectivity index (χ2n) is 12.5. The minimum atomic E-state index is -0.729. The van der Waals surface area contributed by atoms with Crippen LogP contribution in [0.5, 0.6) is 11.6 Å². The van der Waals surface area contributed by atoms with Crippen LogP contribution >= 0.6 is 0 Å². The zero-order valence-corrected chi connectivity index (χ0v) is 24.6. The Morgan fingerprint density at radius 1 is 1.12 bits per heavy atom. The first-order valence-electron chi connectivity index (χ1n) is 14.4. The number of aromatic nitrogens is 1. The van der Waals surface area contributed by atoms with Crippen molar-refractivity contribution in [3.63, 3.8) is 0 Å². The maximum absolute atomic E-state index is 11.9. The number of hydrogen-bond acceptors (Lipinski definition) is 5. The number of pyridine rings is 1. The highest BCUT2D eigenvalue weighted by atomic mass is 16.5. The smallest absolute Gasteiger partial charge is 0.306 e. The third-order valence-electron chi connectivity index (χ3n) is 8.79. The quantitative estimate of drug-likeness (QED) is 0.307. The van der Waals surface area contributed by atoms with E-state index in [-0.39, 0.29) is 17.6 Å². The second-order valence-corrected chi connectivity index (χ2v) is 12.5. The van der Waals surface area contributed by atoms with Crippen molar-refractivity contribution in [2.24, 2.45) is 11.8 Å². The first kappa shape index (κ1) is 28.2. The number of methoxy groups -OCH3 is 1. The number of fused-ring (bicyclic) bond motifs is 1. The first-order valence-corrected chi connectivity index (χ1v) is 14.4. The SMILES string of the molecule is COc1cc(-c2ccc([C@@H]3CCc4ccc([C@H](C5CC5)[C@H](C)C(=O)O)cc4O3)cc2CN(C)C(C)(C)C)ccn1. The fraction of sp³-hybridized carbons (Fsp3) is 0.471. The van der Waals surface area contributed by atoms with E-state index in [1.54, 1.807) is 13.3 Å². The number of carbonyl (C=O) groups is 1. The highest BCUT2D eigenvalue weighted by Crippen LogP contribution is 2.48. The molecule has 2 aromatic carbocycles. The molecule has 0 bridgehead atoms. The number of nitrogens with zero attached hydrogens (tertiary/aromatic N) is 2.